The smallest absolute Gasteiger partial charge is 0.125 e. The number of rotatable bonds is 4. The molecule has 0 saturated carbocycles. The van der Waals surface area contributed by atoms with Gasteiger partial charge >= 0.3 is 0 Å². The van der Waals surface area contributed by atoms with Crippen LogP contribution >= 0.6 is 11.6 Å². The van der Waals surface area contributed by atoms with Gasteiger partial charge in [0.05, 0.1) is 6.61 Å². The van der Waals surface area contributed by atoms with Crippen LogP contribution in [0.2, 0.25) is 5.02 Å². The summed E-state index contributed by atoms with van der Waals surface area (Å²) in [5, 5.41) is 13.5. The molecule has 1 aromatic carbocycles. The first-order valence-electron chi connectivity index (χ1n) is 5.53. The van der Waals surface area contributed by atoms with Gasteiger partial charge in [0.1, 0.15) is 11.4 Å². The van der Waals surface area contributed by atoms with Crippen LogP contribution in [0, 0.1) is 5.82 Å². The van der Waals surface area contributed by atoms with Crippen molar-refractivity contribution in [1.29, 1.82) is 0 Å². The Kier molecular flexibility index (Phi) is 3.99. The fourth-order valence-corrected chi connectivity index (χ4v) is 2.13. The third-order valence-corrected chi connectivity index (χ3v) is 3.01. The molecule has 1 aromatic rings. The lowest BCUT2D eigenvalue weighted by atomic mass is 10.0. The maximum Gasteiger partial charge on any atom is 0.125 e. The van der Waals surface area contributed by atoms with E-state index in [1.54, 1.807) is 6.07 Å². The molecule has 2 rings (SSSR count). The zero-order valence-corrected chi connectivity index (χ0v) is 10.1. The zero-order chi connectivity index (χ0) is 12.3. The van der Waals surface area contributed by atoms with Crippen LogP contribution in [-0.2, 0) is 11.3 Å². The summed E-state index contributed by atoms with van der Waals surface area (Å²) < 4.78 is 18.2. The fraction of sp³-hybridized carbons (Fsp3) is 0.500. The number of benzene rings is 1. The van der Waals surface area contributed by atoms with Crippen LogP contribution in [0.25, 0.3) is 0 Å². The number of aliphatic hydroxyl groups is 1. The molecule has 1 aliphatic heterocycles. The highest BCUT2D eigenvalue weighted by Crippen LogP contribution is 2.18. The van der Waals surface area contributed by atoms with Gasteiger partial charge < -0.3 is 15.2 Å². The molecular formula is C12H15ClFNO2. The first-order chi connectivity index (χ1) is 8.07. The number of nitrogens with one attached hydrogen (secondary N) is 1. The maximum absolute atomic E-state index is 13.0. The van der Waals surface area contributed by atoms with E-state index in [9.17, 15) is 9.50 Å². The molecule has 0 aliphatic carbocycles. The van der Waals surface area contributed by atoms with Crippen LogP contribution in [0.15, 0.2) is 18.2 Å². The van der Waals surface area contributed by atoms with E-state index in [1.807, 2.05) is 0 Å². The van der Waals surface area contributed by atoms with Gasteiger partial charge in [0.25, 0.3) is 0 Å². The van der Waals surface area contributed by atoms with Crippen LogP contribution in [-0.4, -0.2) is 30.5 Å². The molecule has 1 atom stereocenters. The van der Waals surface area contributed by atoms with Crippen LogP contribution in [0.5, 0.6) is 0 Å². The lowest BCUT2D eigenvalue weighted by Crippen LogP contribution is -2.40. The van der Waals surface area contributed by atoms with E-state index in [2.05, 4.69) is 5.32 Å². The summed E-state index contributed by atoms with van der Waals surface area (Å²) in [5.74, 6) is -0.350. The first kappa shape index (κ1) is 12.8. The highest BCUT2D eigenvalue weighted by molar-refractivity contribution is 6.30. The van der Waals surface area contributed by atoms with E-state index in [-0.39, 0.29) is 5.82 Å². The van der Waals surface area contributed by atoms with Crippen LogP contribution in [0.3, 0.4) is 0 Å². The van der Waals surface area contributed by atoms with E-state index in [1.165, 1.54) is 12.1 Å². The Morgan fingerprint density at radius 1 is 1.47 bits per heavy atom. The third kappa shape index (κ3) is 3.64. The van der Waals surface area contributed by atoms with Gasteiger partial charge in [-0.2, -0.15) is 0 Å². The highest BCUT2D eigenvalue weighted by atomic mass is 35.5. The average Bonchev–Trinajstić information content (AvgIpc) is 2.64. The lowest BCUT2D eigenvalue weighted by molar-refractivity contribution is 0.0268. The number of hydrogen-bond acceptors (Lipinski definition) is 3. The number of hydrogen-bond donors (Lipinski definition) is 2. The summed E-state index contributed by atoms with van der Waals surface area (Å²) in [6.45, 7) is 1.84. The molecule has 1 aliphatic rings. The Balaban J connectivity index is 1.85. The molecule has 1 unspecified atom stereocenters. The topological polar surface area (TPSA) is 41.5 Å². The van der Waals surface area contributed by atoms with Gasteiger partial charge in [0.15, 0.2) is 0 Å². The van der Waals surface area contributed by atoms with E-state index in [4.69, 9.17) is 16.3 Å². The fourth-order valence-electron chi connectivity index (χ4n) is 1.89. The largest absolute Gasteiger partial charge is 0.386 e. The van der Waals surface area contributed by atoms with Gasteiger partial charge in [0.2, 0.25) is 0 Å². The molecule has 94 valence electrons. The molecule has 0 bridgehead atoms. The Morgan fingerprint density at radius 3 is 2.94 bits per heavy atom. The average molecular weight is 260 g/mol. The molecule has 0 radical (unpaired) electrons. The first-order valence-corrected chi connectivity index (χ1v) is 5.91. The molecule has 0 spiro atoms. The summed E-state index contributed by atoms with van der Waals surface area (Å²) in [6, 6.07) is 4.39. The minimum atomic E-state index is -0.795. The normalized spacial score (nSPS) is 24.2. The van der Waals surface area contributed by atoms with Crippen molar-refractivity contribution >= 4 is 11.6 Å². The van der Waals surface area contributed by atoms with Crippen molar-refractivity contribution in [3.05, 3.63) is 34.6 Å². The van der Waals surface area contributed by atoms with Crippen molar-refractivity contribution in [3.8, 4) is 0 Å². The van der Waals surface area contributed by atoms with Crippen LogP contribution < -0.4 is 5.32 Å². The molecular weight excluding hydrogens is 245 g/mol. The van der Waals surface area contributed by atoms with Crippen molar-refractivity contribution < 1.29 is 14.2 Å². The quantitative estimate of drug-likeness (QED) is 0.865. The predicted octanol–water partition coefficient (Wildman–Crippen LogP) is 1.72. The van der Waals surface area contributed by atoms with Crippen LogP contribution in [0.1, 0.15) is 12.0 Å². The van der Waals surface area contributed by atoms with Gasteiger partial charge in [-0.25, -0.2) is 4.39 Å². The summed E-state index contributed by atoms with van der Waals surface area (Å²) in [7, 11) is 0. The summed E-state index contributed by atoms with van der Waals surface area (Å²) in [5.41, 5.74) is -0.0329. The molecule has 0 amide bonds. The van der Waals surface area contributed by atoms with Gasteiger partial charge in [-0.15, -0.1) is 0 Å². The Morgan fingerprint density at radius 2 is 2.29 bits per heavy atom. The Labute approximate surface area is 105 Å². The Hall–Kier alpha value is -0.680. The second kappa shape index (κ2) is 5.31. The Bertz CT molecular complexity index is 374. The second-order valence-electron chi connectivity index (χ2n) is 4.41. The van der Waals surface area contributed by atoms with Gasteiger partial charge in [0, 0.05) is 31.1 Å². The number of halogens is 2. The summed E-state index contributed by atoms with van der Waals surface area (Å²) in [6.07, 6.45) is 0.629. The molecule has 17 heavy (non-hydrogen) atoms. The van der Waals surface area contributed by atoms with Crippen molar-refractivity contribution in [1.82, 2.24) is 5.32 Å². The van der Waals surface area contributed by atoms with Gasteiger partial charge in [-0.05, 0) is 23.8 Å². The van der Waals surface area contributed by atoms with Crippen molar-refractivity contribution in [2.24, 2.45) is 0 Å². The maximum atomic E-state index is 13.0. The second-order valence-corrected chi connectivity index (χ2v) is 4.84. The lowest BCUT2D eigenvalue weighted by Gasteiger charge is -2.20. The standard InChI is InChI=1S/C12H15ClFNO2/c13-10-3-9(4-11(14)5-10)6-15-7-12(16)1-2-17-8-12/h3-5,15-16H,1-2,6-8H2. The molecule has 1 saturated heterocycles. The predicted molar refractivity (Wildman–Crippen MR) is 63.5 cm³/mol. The molecule has 5 heteroatoms. The summed E-state index contributed by atoms with van der Waals surface area (Å²) >= 11 is 5.75. The van der Waals surface area contributed by atoms with Crippen molar-refractivity contribution in [2.75, 3.05) is 19.8 Å². The SMILES string of the molecule is OC1(CNCc2cc(F)cc(Cl)c2)CCOC1. The van der Waals surface area contributed by atoms with Gasteiger partial charge in [-0.1, -0.05) is 11.6 Å². The molecule has 3 nitrogen and oxygen atoms in total. The minimum absolute atomic E-state index is 0.350. The zero-order valence-electron chi connectivity index (χ0n) is 9.38. The van der Waals surface area contributed by atoms with Crippen molar-refractivity contribution in [3.63, 3.8) is 0 Å². The number of ether oxygens (including phenoxy) is 1. The minimum Gasteiger partial charge on any atom is -0.386 e. The third-order valence-electron chi connectivity index (χ3n) is 2.79. The van der Waals surface area contributed by atoms with Crippen LogP contribution in [0.4, 0.5) is 4.39 Å². The van der Waals surface area contributed by atoms with Gasteiger partial charge in [-0.3, -0.25) is 0 Å². The highest BCUT2D eigenvalue weighted by Gasteiger charge is 2.31. The summed E-state index contributed by atoms with van der Waals surface area (Å²) in [4.78, 5) is 0. The van der Waals surface area contributed by atoms with E-state index in [0.717, 1.165) is 5.56 Å². The molecule has 2 N–H and O–H groups in total. The van der Waals surface area contributed by atoms with E-state index < -0.39 is 5.60 Å². The molecule has 1 fully saturated rings. The molecule has 0 aromatic heterocycles. The molecule has 1 heterocycles. The van der Waals surface area contributed by atoms with E-state index in [0.29, 0.717) is 37.7 Å². The van der Waals surface area contributed by atoms with E-state index >= 15 is 0 Å². The van der Waals surface area contributed by atoms with Crippen molar-refractivity contribution in [2.45, 2.75) is 18.6 Å². The monoisotopic (exact) mass is 259 g/mol.